The number of nitrogens with one attached hydrogen (secondary N) is 2. The third kappa shape index (κ3) is 2.74. The number of carbonyl (C=O) groups excluding carboxylic acids is 2. The Morgan fingerprint density at radius 3 is 2.65 bits per heavy atom. The number of aliphatic hydroxyl groups excluding tert-OH is 1. The van der Waals surface area contributed by atoms with Gasteiger partial charge in [-0.15, -0.1) is 0 Å². The van der Waals surface area contributed by atoms with Gasteiger partial charge in [-0.05, 0) is 12.1 Å². The first-order chi connectivity index (χ1) is 12.7. The van der Waals surface area contributed by atoms with Gasteiger partial charge in [0, 0.05) is 11.6 Å². The number of benzene rings is 2. The second kappa shape index (κ2) is 6.45. The molecule has 1 aliphatic heterocycles. The smallest absolute Gasteiger partial charge is 0.277 e. The van der Waals surface area contributed by atoms with Crippen molar-refractivity contribution < 1.29 is 14.7 Å². The number of aromatic nitrogens is 2. The average molecular weight is 348 g/mol. The number of hydrogen-bond donors (Lipinski definition) is 3. The van der Waals surface area contributed by atoms with Crippen LogP contribution in [0.2, 0.25) is 0 Å². The third-order valence-electron chi connectivity index (χ3n) is 4.16. The topological polar surface area (TPSA) is 98.3 Å². The van der Waals surface area contributed by atoms with Gasteiger partial charge < -0.3 is 15.4 Å². The van der Waals surface area contributed by atoms with Crippen LogP contribution in [-0.4, -0.2) is 44.9 Å². The molecule has 3 N–H and O–H groups in total. The minimum atomic E-state index is -0.458. The number of imidazole rings is 1. The molecule has 0 radical (unpaired) electrons. The molecule has 0 spiro atoms. The molecule has 2 aromatic carbocycles. The first-order valence-electron chi connectivity index (χ1n) is 8.17. The summed E-state index contributed by atoms with van der Waals surface area (Å²) >= 11 is 0. The van der Waals surface area contributed by atoms with Crippen molar-refractivity contribution in [3.63, 3.8) is 0 Å². The van der Waals surface area contributed by atoms with E-state index in [-0.39, 0.29) is 18.8 Å². The van der Waals surface area contributed by atoms with Gasteiger partial charge in [0.25, 0.3) is 11.8 Å². The fourth-order valence-corrected chi connectivity index (χ4v) is 2.92. The van der Waals surface area contributed by atoms with Crippen molar-refractivity contribution >= 4 is 28.5 Å². The molecule has 4 rings (SSSR count). The van der Waals surface area contributed by atoms with Crippen LogP contribution < -0.4 is 5.32 Å². The van der Waals surface area contributed by atoms with E-state index in [1.807, 2.05) is 42.5 Å². The molecule has 0 atom stereocenters. The molecule has 130 valence electrons. The van der Waals surface area contributed by atoms with Crippen molar-refractivity contribution in [2.24, 2.45) is 0 Å². The van der Waals surface area contributed by atoms with E-state index >= 15 is 0 Å². The Labute approximate surface area is 149 Å². The van der Waals surface area contributed by atoms with Crippen LogP contribution in [0.3, 0.4) is 0 Å². The third-order valence-corrected chi connectivity index (χ3v) is 4.16. The number of para-hydroxylation sites is 1. The van der Waals surface area contributed by atoms with Crippen LogP contribution in [0.5, 0.6) is 0 Å². The number of hydrogen-bond acceptors (Lipinski definition) is 5. The highest BCUT2D eigenvalue weighted by Crippen LogP contribution is 2.27. The summed E-state index contributed by atoms with van der Waals surface area (Å²) in [5, 5.41) is 12.0. The lowest BCUT2D eigenvalue weighted by atomic mass is 10.2. The summed E-state index contributed by atoms with van der Waals surface area (Å²) in [6.07, 6.45) is 1.24. The van der Waals surface area contributed by atoms with Gasteiger partial charge in [-0.3, -0.25) is 14.5 Å². The largest absolute Gasteiger partial charge is 0.395 e. The summed E-state index contributed by atoms with van der Waals surface area (Å²) in [7, 11) is 0. The minimum Gasteiger partial charge on any atom is -0.395 e. The number of nitrogens with zero attached hydrogens (tertiary/aromatic N) is 2. The monoisotopic (exact) mass is 348 g/mol. The fraction of sp³-hybridized carbons (Fsp3) is 0.105. The highest BCUT2D eigenvalue weighted by molar-refractivity contribution is 6.18. The molecule has 2 amide bonds. The number of anilines is 1. The van der Waals surface area contributed by atoms with Crippen molar-refractivity contribution in [2.75, 3.05) is 18.5 Å². The Kier molecular flexibility index (Phi) is 3.98. The zero-order valence-corrected chi connectivity index (χ0v) is 13.8. The molecular weight excluding hydrogens is 332 g/mol. The maximum atomic E-state index is 12.3. The first-order valence-corrected chi connectivity index (χ1v) is 8.17. The Bertz CT molecular complexity index is 1020. The van der Waals surface area contributed by atoms with E-state index in [0.29, 0.717) is 11.2 Å². The average Bonchev–Trinajstić information content (AvgIpc) is 3.20. The molecule has 0 bridgehead atoms. The molecule has 0 saturated heterocycles. The lowest BCUT2D eigenvalue weighted by molar-refractivity contribution is -0.137. The summed E-state index contributed by atoms with van der Waals surface area (Å²) in [6, 6.07) is 15.3. The van der Waals surface area contributed by atoms with Crippen LogP contribution in [-0.2, 0) is 9.59 Å². The molecule has 0 unspecified atom stereocenters. The van der Waals surface area contributed by atoms with Crippen LogP contribution in [0.4, 0.5) is 5.69 Å². The minimum absolute atomic E-state index is 0.0237. The Hall–Kier alpha value is -3.45. The summed E-state index contributed by atoms with van der Waals surface area (Å²) in [5.74, 6) is -0.176. The van der Waals surface area contributed by atoms with Crippen molar-refractivity contribution in [1.29, 1.82) is 0 Å². The maximum absolute atomic E-state index is 12.3. The molecule has 7 nitrogen and oxygen atoms in total. The number of H-pyrrole nitrogens is 1. The van der Waals surface area contributed by atoms with E-state index in [1.54, 1.807) is 6.07 Å². The number of aromatic amines is 1. The molecule has 0 fully saturated rings. The molecule has 7 heteroatoms. The van der Waals surface area contributed by atoms with Crippen LogP contribution in [0, 0.1) is 0 Å². The second-order valence-corrected chi connectivity index (χ2v) is 5.85. The van der Waals surface area contributed by atoms with Crippen molar-refractivity contribution in [3.05, 3.63) is 60.3 Å². The van der Waals surface area contributed by atoms with E-state index in [1.165, 1.54) is 6.08 Å². The van der Waals surface area contributed by atoms with Crippen LogP contribution >= 0.6 is 0 Å². The predicted octanol–water partition coefficient (Wildman–Crippen LogP) is 1.89. The van der Waals surface area contributed by atoms with Gasteiger partial charge >= 0.3 is 0 Å². The maximum Gasteiger partial charge on any atom is 0.277 e. The SMILES string of the molecule is O=C1C=C(Nc2cccc3[nH]c(-c4ccccc4)nc23)C(=O)N1CCO. The number of imide groups is 1. The zero-order valence-electron chi connectivity index (χ0n) is 13.8. The molecule has 2 heterocycles. The lowest BCUT2D eigenvalue weighted by Crippen LogP contribution is -2.34. The number of β-amino-alcohol motifs (C(OH)–C–C–N with tert-alkyl or cyclic N) is 1. The summed E-state index contributed by atoms with van der Waals surface area (Å²) in [5.41, 5.74) is 3.24. The van der Waals surface area contributed by atoms with E-state index in [4.69, 9.17) is 5.11 Å². The number of amides is 2. The Balaban J connectivity index is 1.68. The van der Waals surface area contributed by atoms with Crippen LogP contribution in [0.1, 0.15) is 0 Å². The van der Waals surface area contributed by atoms with Gasteiger partial charge in [-0.25, -0.2) is 4.98 Å². The van der Waals surface area contributed by atoms with E-state index in [0.717, 1.165) is 21.8 Å². The van der Waals surface area contributed by atoms with Crippen molar-refractivity contribution in [2.45, 2.75) is 0 Å². The number of aliphatic hydroxyl groups is 1. The fourth-order valence-electron chi connectivity index (χ4n) is 2.92. The van der Waals surface area contributed by atoms with Gasteiger partial charge in [0.1, 0.15) is 17.0 Å². The standard InChI is InChI=1S/C19H16N4O3/c24-10-9-23-16(25)11-15(19(23)26)20-13-7-4-8-14-17(13)22-18(21-14)12-5-2-1-3-6-12/h1-8,11,20,24H,9-10H2,(H,21,22). The van der Waals surface area contributed by atoms with Crippen molar-refractivity contribution in [1.82, 2.24) is 14.9 Å². The van der Waals surface area contributed by atoms with Crippen LogP contribution in [0.15, 0.2) is 60.3 Å². The molecule has 26 heavy (non-hydrogen) atoms. The highest BCUT2D eigenvalue weighted by Gasteiger charge is 2.30. The summed E-state index contributed by atoms with van der Waals surface area (Å²) in [4.78, 5) is 33.1. The van der Waals surface area contributed by atoms with E-state index < -0.39 is 11.8 Å². The van der Waals surface area contributed by atoms with E-state index in [2.05, 4.69) is 15.3 Å². The van der Waals surface area contributed by atoms with Gasteiger partial charge in [0.05, 0.1) is 24.4 Å². The summed E-state index contributed by atoms with van der Waals surface area (Å²) < 4.78 is 0. The second-order valence-electron chi connectivity index (χ2n) is 5.85. The number of carbonyl (C=O) groups is 2. The lowest BCUT2D eigenvalue weighted by Gasteiger charge is -2.13. The Morgan fingerprint density at radius 1 is 1.08 bits per heavy atom. The van der Waals surface area contributed by atoms with Gasteiger partial charge in [0.2, 0.25) is 0 Å². The molecular formula is C19H16N4O3. The van der Waals surface area contributed by atoms with Crippen LogP contribution in [0.25, 0.3) is 22.4 Å². The van der Waals surface area contributed by atoms with Crippen molar-refractivity contribution in [3.8, 4) is 11.4 Å². The summed E-state index contributed by atoms with van der Waals surface area (Å²) in [6.45, 7) is -0.294. The first kappa shape index (κ1) is 16.0. The van der Waals surface area contributed by atoms with Gasteiger partial charge in [0.15, 0.2) is 0 Å². The molecule has 0 saturated carbocycles. The predicted molar refractivity (Wildman–Crippen MR) is 97.0 cm³/mol. The number of fused-ring (bicyclic) bond motifs is 1. The molecule has 1 aromatic heterocycles. The van der Waals surface area contributed by atoms with Gasteiger partial charge in [-0.1, -0.05) is 36.4 Å². The highest BCUT2D eigenvalue weighted by atomic mass is 16.3. The normalized spacial score (nSPS) is 14.2. The molecule has 3 aromatic rings. The number of rotatable bonds is 5. The zero-order chi connectivity index (χ0) is 18.1. The van der Waals surface area contributed by atoms with Gasteiger partial charge in [-0.2, -0.15) is 0 Å². The molecule has 1 aliphatic rings. The van der Waals surface area contributed by atoms with E-state index in [9.17, 15) is 9.59 Å². The Morgan fingerprint density at radius 2 is 1.88 bits per heavy atom. The quantitative estimate of drug-likeness (QED) is 0.612. The molecule has 0 aliphatic carbocycles.